The van der Waals surface area contributed by atoms with E-state index < -0.39 is 7.26 Å². The topological polar surface area (TPSA) is 18.5 Å². The van der Waals surface area contributed by atoms with Gasteiger partial charge in [0.25, 0.3) is 0 Å². The molecule has 4 aromatic carbocycles. The number of halogens is 2. The molecule has 4 rings (SSSR count). The van der Waals surface area contributed by atoms with Crippen LogP contribution in [-0.2, 0) is 0 Å². The molecule has 164 valence electrons. The standard InChI is InChI=1S/C27H25BrO2P.ClH/c1-29-24-18-20(28)19-25(30-2)27(24)23-16-10-11-17-26(23)31(3,21-12-6-4-7-13-21)22-14-8-5-9-15-22;/h4-19H,1-3H3;1H/q+1;/p-1. The minimum absolute atomic E-state index is 0. The van der Waals surface area contributed by atoms with Crippen molar-refractivity contribution in [2.75, 3.05) is 20.9 Å². The van der Waals surface area contributed by atoms with Crippen LogP contribution >= 0.6 is 23.2 Å². The van der Waals surface area contributed by atoms with Crippen LogP contribution in [0.1, 0.15) is 0 Å². The fraction of sp³-hybridized carbons (Fsp3) is 0.111. The summed E-state index contributed by atoms with van der Waals surface area (Å²) in [5, 5.41) is 3.97. The molecule has 0 aliphatic carbocycles. The minimum atomic E-state index is -1.92. The molecule has 0 spiro atoms. The Hall–Kier alpha value is -2.32. The van der Waals surface area contributed by atoms with Gasteiger partial charge in [0.2, 0.25) is 0 Å². The maximum absolute atomic E-state index is 5.80. The molecule has 0 saturated carbocycles. The predicted octanol–water partition coefficient (Wildman–Crippen LogP) is 3.06. The van der Waals surface area contributed by atoms with Crippen LogP contribution in [0.2, 0.25) is 0 Å². The molecule has 0 bridgehead atoms. The minimum Gasteiger partial charge on any atom is -1.00 e. The number of rotatable bonds is 6. The molecule has 0 fully saturated rings. The maximum atomic E-state index is 5.80. The molecule has 0 saturated heterocycles. The molecule has 32 heavy (non-hydrogen) atoms. The highest BCUT2D eigenvalue weighted by atomic mass is 79.9. The lowest BCUT2D eigenvalue weighted by molar-refractivity contribution is -0.00000655. The van der Waals surface area contributed by atoms with Gasteiger partial charge in [-0.05, 0) is 42.5 Å². The van der Waals surface area contributed by atoms with Gasteiger partial charge in [0.05, 0.1) is 26.4 Å². The summed E-state index contributed by atoms with van der Waals surface area (Å²) in [6.45, 7) is 2.40. The summed E-state index contributed by atoms with van der Waals surface area (Å²) in [5.74, 6) is 1.57. The Morgan fingerprint density at radius 1 is 0.656 bits per heavy atom. The predicted molar refractivity (Wildman–Crippen MR) is 137 cm³/mol. The summed E-state index contributed by atoms with van der Waals surface area (Å²) in [4.78, 5) is 0. The van der Waals surface area contributed by atoms with Crippen molar-refractivity contribution in [1.82, 2.24) is 0 Å². The maximum Gasteiger partial charge on any atom is 0.131 e. The molecule has 5 heteroatoms. The highest BCUT2D eigenvalue weighted by Gasteiger charge is 2.42. The van der Waals surface area contributed by atoms with Crippen molar-refractivity contribution in [3.8, 4) is 22.6 Å². The first-order valence-electron chi connectivity index (χ1n) is 10.1. The summed E-state index contributed by atoms with van der Waals surface area (Å²) in [5.41, 5.74) is 2.11. The van der Waals surface area contributed by atoms with Crippen LogP contribution in [0.3, 0.4) is 0 Å². The zero-order chi connectivity index (χ0) is 21.8. The molecular formula is C27H25BrClO2P. The van der Waals surface area contributed by atoms with Gasteiger partial charge in [-0.15, -0.1) is 0 Å². The van der Waals surface area contributed by atoms with Crippen molar-refractivity contribution < 1.29 is 21.9 Å². The lowest BCUT2D eigenvalue weighted by atomic mass is 10.0. The van der Waals surface area contributed by atoms with Gasteiger partial charge in [0.1, 0.15) is 34.7 Å². The van der Waals surface area contributed by atoms with Gasteiger partial charge in [-0.2, -0.15) is 0 Å². The van der Waals surface area contributed by atoms with Gasteiger partial charge in [0.15, 0.2) is 0 Å². The number of hydrogen-bond donors (Lipinski definition) is 0. The molecule has 0 amide bonds. The molecule has 0 N–H and O–H groups in total. The molecule has 0 heterocycles. The van der Waals surface area contributed by atoms with Gasteiger partial charge in [-0.1, -0.05) is 70.5 Å². The number of benzene rings is 4. The zero-order valence-corrected chi connectivity index (χ0v) is 21.5. The van der Waals surface area contributed by atoms with Crippen molar-refractivity contribution in [2.24, 2.45) is 0 Å². The normalized spacial score (nSPS) is 10.9. The average Bonchev–Trinajstić information content (AvgIpc) is 2.84. The third kappa shape index (κ3) is 4.43. The van der Waals surface area contributed by atoms with Crippen molar-refractivity contribution in [3.63, 3.8) is 0 Å². The molecule has 0 aromatic heterocycles. The van der Waals surface area contributed by atoms with Crippen LogP contribution in [0.15, 0.2) is 102 Å². The largest absolute Gasteiger partial charge is 1.00 e. The van der Waals surface area contributed by atoms with Crippen LogP contribution in [0.25, 0.3) is 11.1 Å². The first-order chi connectivity index (χ1) is 15.1. The van der Waals surface area contributed by atoms with Gasteiger partial charge < -0.3 is 21.9 Å². The first-order valence-corrected chi connectivity index (χ1v) is 13.1. The highest BCUT2D eigenvalue weighted by molar-refractivity contribution is 9.10. The molecule has 0 unspecified atom stereocenters. The van der Waals surface area contributed by atoms with E-state index in [2.05, 4.69) is 108 Å². The third-order valence-electron chi connectivity index (χ3n) is 5.67. The lowest BCUT2D eigenvalue weighted by Gasteiger charge is -2.26. The average molecular weight is 528 g/mol. The van der Waals surface area contributed by atoms with Crippen molar-refractivity contribution in [3.05, 3.63) is 102 Å². The second-order valence-corrected chi connectivity index (χ2v) is 11.8. The molecule has 0 radical (unpaired) electrons. The second kappa shape index (κ2) is 10.5. The van der Waals surface area contributed by atoms with Crippen LogP contribution in [0.5, 0.6) is 11.5 Å². The van der Waals surface area contributed by atoms with Crippen LogP contribution in [-0.4, -0.2) is 20.9 Å². The van der Waals surface area contributed by atoms with E-state index in [1.54, 1.807) is 14.2 Å². The molecular weight excluding hydrogens is 503 g/mol. The monoisotopic (exact) mass is 526 g/mol. The molecule has 2 nitrogen and oxygen atoms in total. The Labute approximate surface area is 205 Å². The van der Waals surface area contributed by atoms with Crippen LogP contribution in [0.4, 0.5) is 0 Å². The van der Waals surface area contributed by atoms with Gasteiger partial charge in [-0.3, -0.25) is 0 Å². The number of methoxy groups -OCH3 is 2. The fourth-order valence-corrected chi connectivity index (χ4v) is 7.96. The van der Waals surface area contributed by atoms with Crippen LogP contribution < -0.4 is 37.8 Å². The Morgan fingerprint density at radius 3 is 1.56 bits per heavy atom. The Morgan fingerprint density at radius 2 is 1.09 bits per heavy atom. The lowest BCUT2D eigenvalue weighted by Crippen LogP contribution is -3.00. The van der Waals surface area contributed by atoms with E-state index >= 15 is 0 Å². The Kier molecular flexibility index (Phi) is 8.00. The van der Waals surface area contributed by atoms with E-state index in [-0.39, 0.29) is 12.4 Å². The fourth-order valence-electron chi connectivity index (χ4n) is 4.10. The smallest absolute Gasteiger partial charge is 0.131 e. The summed E-state index contributed by atoms with van der Waals surface area (Å²) in [6, 6.07) is 34.3. The van der Waals surface area contributed by atoms with E-state index in [0.717, 1.165) is 27.1 Å². The molecule has 0 aliphatic heterocycles. The number of ether oxygens (including phenoxy) is 2. The summed E-state index contributed by atoms with van der Waals surface area (Å²) in [6.07, 6.45) is 0. The van der Waals surface area contributed by atoms with Gasteiger partial charge >= 0.3 is 0 Å². The highest BCUT2D eigenvalue weighted by Crippen LogP contribution is 2.55. The van der Waals surface area contributed by atoms with E-state index in [0.29, 0.717) is 0 Å². The van der Waals surface area contributed by atoms with E-state index in [9.17, 15) is 0 Å². The van der Waals surface area contributed by atoms with E-state index in [4.69, 9.17) is 9.47 Å². The van der Waals surface area contributed by atoms with Crippen molar-refractivity contribution >= 4 is 39.1 Å². The van der Waals surface area contributed by atoms with Gasteiger partial charge in [0, 0.05) is 10.0 Å². The summed E-state index contributed by atoms with van der Waals surface area (Å²) in [7, 11) is 1.48. The van der Waals surface area contributed by atoms with Crippen molar-refractivity contribution in [2.45, 2.75) is 0 Å². The van der Waals surface area contributed by atoms with E-state index in [1.165, 1.54) is 15.9 Å². The van der Waals surface area contributed by atoms with Crippen molar-refractivity contribution in [1.29, 1.82) is 0 Å². The van der Waals surface area contributed by atoms with Gasteiger partial charge in [-0.25, -0.2) is 0 Å². The molecule has 0 atom stereocenters. The molecule has 4 aromatic rings. The van der Waals surface area contributed by atoms with E-state index in [1.807, 2.05) is 12.1 Å². The second-order valence-electron chi connectivity index (χ2n) is 7.38. The number of hydrogen-bond acceptors (Lipinski definition) is 2. The summed E-state index contributed by atoms with van der Waals surface area (Å²) < 4.78 is 12.5. The SMILES string of the molecule is COc1cc(Br)cc(OC)c1-c1ccccc1[P+](C)(c1ccccc1)c1ccccc1.[Cl-]. The third-order valence-corrected chi connectivity index (χ3v) is 10.1. The quantitative estimate of drug-likeness (QED) is 0.359. The summed E-state index contributed by atoms with van der Waals surface area (Å²) >= 11 is 3.58. The Balaban J connectivity index is 0.00000289. The Bertz CT molecular complexity index is 1120. The zero-order valence-electron chi connectivity index (χ0n) is 18.3. The molecule has 0 aliphatic rings. The van der Waals surface area contributed by atoms with Crippen LogP contribution in [0, 0.1) is 0 Å². The first kappa shape index (κ1) is 24.3.